The van der Waals surface area contributed by atoms with Gasteiger partial charge in [0.2, 0.25) is 19.8 Å². The van der Waals surface area contributed by atoms with Crippen LogP contribution in [0.1, 0.15) is 27.0 Å². The minimum absolute atomic E-state index is 0.131. The lowest BCUT2D eigenvalue weighted by atomic mass is 9.35. The molecule has 0 aliphatic carbocycles. The molecular formula is C22H13B5ClF2N3O4. The standard InChI is InChI=1S/C22H13B5ClF2N3O4/c23-16-20(24,25)17(35)31-18(36)21(16,26)32-9-11-7-10(1-6-14(11)15(32)34)8-33(27)19(37)22(29,30)12-2-4-13(28)5-3-12/h1-7,16H,8-9H2,(H,31,35,36). The number of nitrogens with one attached hydrogen (secondary N) is 1. The zero-order valence-electron chi connectivity index (χ0n) is 19.1. The van der Waals surface area contributed by atoms with E-state index in [4.69, 9.17) is 51.0 Å². The molecule has 176 valence electrons. The Bertz CT molecular complexity index is 1330. The second-order valence-electron chi connectivity index (χ2n) is 8.92. The Morgan fingerprint density at radius 1 is 1.11 bits per heavy atom. The smallest absolute Gasteiger partial charge is 0.348 e. The van der Waals surface area contributed by atoms with Crippen LogP contribution in [0.15, 0.2) is 42.5 Å². The first-order chi connectivity index (χ1) is 17.1. The number of imide groups is 1. The maximum Gasteiger partial charge on any atom is 0.348 e. The van der Waals surface area contributed by atoms with E-state index in [-0.39, 0.29) is 17.1 Å². The quantitative estimate of drug-likeness (QED) is 0.467. The summed E-state index contributed by atoms with van der Waals surface area (Å²) >= 11 is 5.72. The summed E-state index contributed by atoms with van der Waals surface area (Å²) in [6.07, 6.45) is 0. The largest absolute Gasteiger partial charge is 0.387 e. The van der Waals surface area contributed by atoms with E-state index < -0.39 is 58.1 Å². The Labute approximate surface area is 222 Å². The van der Waals surface area contributed by atoms with E-state index in [0.717, 1.165) is 17.0 Å². The summed E-state index contributed by atoms with van der Waals surface area (Å²) < 4.78 is 29.4. The van der Waals surface area contributed by atoms with Crippen LogP contribution < -0.4 is 5.32 Å². The number of piperidine rings is 1. The minimum atomic E-state index is -3.92. The predicted octanol–water partition coefficient (Wildman–Crippen LogP) is 0.431. The van der Waals surface area contributed by atoms with Crippen molar-refractivity contribution in [1.82, 2.24) is 15.0 Å². The number of hydrogen-bond donors (Lipinski definition) is 1. The molecule has 2 aromatic carbocycles. The number of carbonyl (C=O) groups excluding carboxylic acids is 4. The fourth-order valence-electron chi connectivity index (χ4n) is 4.25. The van der Waals surface area contributed by atoms with E-state index in [9.17, 15) is 28.0 Å². The number of carbonyl (C=O) groups is 4. The average Bonchev–Trinajstić information content (AvgIpc) is 3.17. The maximum atomic E-state index is 14.7. The topological polar surface area (TPSA) is 86.8 Å². The first kappa shape index (κ1) is 27.0. The molecule has 2 aliphatic heterocycles. The highest BCUT2D eigenvalue weighted by molar-refractivity contribution is 6.58. The molecule has 0 bridgehead atoms. The fraction of sp³-hybridized carbons (Fsp3) is 0.273. The molecule has 2 atom stereocenters. The summed E-state index contributed by atoms with van der Waals surface area (Å²) in [5, 5.41) is -0.100. The maximum absolute atomic E-state index is 14.7. The van der Waals surface area contributed by atoms with Crippen LogP contribution in [-0.4, -0.2) is 78.1 Å². The normalized spacial score (nSPS) is 22.9. The van der Waals surface area contributed by atoms with E-state index in [1.54, 1.807) is 0 Å². The van der Waals surface area contributed by atoms with Gasteiger partial charge in [-0.25, -0.2) is 0 Å². The first-order valence-corrected chi connectivity index (χ1v) is 11.1. The molecule has 2 unspecified atom stereocenters. The molecule has 0 saturated carbocycles. The fourth-order valence-corrected chi connectivity index (χ4v) is 4.38. The predicted molar refractivity (Wildman–Crippen MR) is 133 cm³/mol. The number of amides is 4. The van der Waals surface area contributed by atoms with Crippen LogP contribution in [0.5, 0.6) is 0 Å². The van der Waals surface area contributed by atoms with Gasteiger partial charge in [0.1, 0.15) is 7.85 Å². The molecule has 0 aromatic heterocycles. The van der Waals surface area contributed by atoms with E-state index in [1.165, 1.54) is 30.3 Å². The van der Waals surface area contributed by atoms with Crippen LogP contribution in [0.4, 0.5) is 8.78 Å². The van der Waals surface area contributed by atoms with Gasteiger partial charge in [-0.2, -0.15) is 8.78 Å². The molecule has 1 saturated heterocycles. The zero-order chi connectivity index (χ0) is 27.5. The van der Waals surface area contributed by atoms with E-state index >= 15 is 0 Å². The number of nitrogens with zero attached hydrogens (tertiary/aromatic N) is 2. The van der Waals surface area contributed by atoms with Gasteiger partial charge < -0.3 is 9.71 Å². The highest BCUT2D eigenvalue weighted by atomic mass is 35.5. The molecular weight excluding hydrogens is 498 g/mol. The highest BCUT2D eigenvalue weighted by Gasteiger charge is 2.57. The van der Waals surface area contributed by atoms with Crippen LogP contribution >= 0.6 is 11.6 Å². The van der Waals surface area contributed by atoms with Gasteiger partial charge in [-0.1, -0.05) is 41.7 Å². The Hall–Kier alpha value is -3.01. The molecule has 15 heteroatoms. The van der Waals surface area contributed by atoms with E-state index in [0.29, 0.717) is 15.9 Å². The third kappa shape index (κ3) is 4.29. The third-order valence-electron chi connectivity index (χ3n) is 6.48. The van der Waals surface area contributed by atoms with Gasteiger partial charge in [-0.05, 0) is 34.5 Å². The number of halogens is 3. The lowest BCUT2D eigenvalue weighted by molar-refractivity contribution is -0.154. The van der Waals surface area contributed by atoms with Crippen LogP contribution in [0.25, 0.3) is 0 Å². The molecule has 4 amide bonds. The zero-order valence-corrected chi connectivity index (χ0v) is 19.8. The first-order valence-electron chi connectivity index (χ1n) is 10.7. The lowest BCUT2D eigenvalue weighted by Gasteiger charge is -2.52. The molecule has 37 heavy (non-hydrogen) atoms. The van der Waals surface area contributed by atoms with E-state index in [1.807, 2.05) is 5.32 Å². The van der Waals surface area contributed by atoms with Crippen molar-refractivity contribution in [1.29, 1.82) is 0 Å². The third-order valence-corrected chi connectivity index (χ3v) is 6.73. The molecule has 10 radical (unpaired) electrons. The van der Waals surface area contributed by atoms with Crippen molar-refractivity contribution in [3.63, 3.8) is 0 Å². The number of alkyl halides is 2. The summed E-state index contributed by atoms with van der Waals surface area (Å²) in [5.74, 6) is -10.1. The summed E-state index contributed by atoms with van der Waals surface area (Å²) in [7, 11) is 29.4. The van der Waals surface area contributed by atoms with Crippen molar-refractivity contribution in [3.8, 4) is 0 Å². The molecule has 1 fully saturated rings. The van der Waals surface area contributed by atoms with Crippen molar-refractivity contribution < 1.29 is 28.0 Å². The lowest BCUT2D eigenvalue weighted by Crippen LogP contribution is -2.70. The van der Waals surface area contributed by atoms with Gasteiger partial charge in [0, 0.05) is 29.2 Å². The molecule has 1 N–H and O–H groups in total. The van der Waals surface area contributed by atoms with Gasteiger partial charge in [0.15, 0.2) is 0 Å². The molecule has 2 aromatic rings. The van der Waals surface area contributed by atoms with Crippen molar-refractivity contribution in [2.45, 2.75) is 35.5 Å². The SMILES string of the molecule is [B]C1C([B])([B])C(=O)NC(=O)C1([B])N1Cc2cc(CN([B])C(=O)C(F)(F)c3ccc(Cl)cc3)ccc2C1=O. The second-order valence-corrected chi connectivity index (χ2v) is 9.35. The molecule has 7 nitrogen and oxygen atoms in total. The van der Waals surface area contributed by atoms with E-state index in [2.05, 4.69) is 0 Å². The van der Waals surface area contributed by atoms with Gasteiger partial charge in [-0.3, -0.25) is 24.5 Å². The second kappa shape index (κ2) is 9.08. The van der Waals surface area contributed by atoms with Crippen LogP contribution in [0, 0.1) is 0 Å². The Morgan fingerprint density at radius 3 is 2.35 bits per heavy atom. The number of fused-ring (bicyclic) bond motifs is 1. The monoisotopic (exact) mass is 511 g/mol. The summed E-state index contributed by atoms with van der Waals surface area (Å²) in [6.45, 7) is -0.677. The van der Waals surface area contributed by atoms with Crippen molar-refractivity contribution >= 4 is 74.6 Å². The van der Waals surface area contributed by atoms with Crippen LogP contribution in [-0.2, 0) is 33.4 Å². The summed E-state index contributed by atoms with van der Waals surface area (Å²) in [5.41, 5.74) is -2.08. The van der Waals surface area contributed by atoms with Gasteiger partial charge in [-0.15, -0.1) is 0 Å². The van der Waals surface area contributed by atoms with Crippen molar-refractivity contribution in [3.05, 3.63) is 69.7 Å². The molecule has 0 spiro atoms. The van der Waals surface area contributed by atoms with Gasteiger partial charge in [0.05, 0.1) is 29.0 Å². The molecule has 2 heterocycles. The average molecular weight is 511 g/mol. The Morgan fingerprint density at radius 2 is 1.73 bits per heavy atom. The summed E-state index contributed by atoms with van der Waals surface area (Å²) in [4.78, 5) is 51.4. The van der Waals surface area contributed by atoms with Crippen LogP contribution in [0.2, 0.25) is 16.1 Å². The molecule has 4 rings (SSSR count). The number of benzene rings is 2. The molecule has 2 aliphatic rings. The Balaban J connectivity index is 1.55. The number of rotatable bonds is 5. The minimum Gasteiger partial charge on any atom is -0.387 e. The number of hydrogen-bond acceptors (Lipinski definition) is 4. The highest BCUT2D eigenvalue weighted by Crippen LogP contribution is 2.46. The van der Waals surface area contributed by atoms with Gasteiger partial charge in [0.25, 0.3) is 11.8 Å². The Kier molecular flexibility index (Phi) is 6.63. The summed E-state index contributed by atoms with van der Waals surface area (Å²) in [6, 6.07) is 8.69. The van der Waals surface area contributed by atoms with Crippen molar-refractivity contribution in [2.75, 3.05) is 0 Å². The van der Waals surface area contributed by atoms with Gasteiger partial charge >= 0.3 is 5.92 Å². The van der Waals surface area contributed by atoms with Crippen molar-refractivity contribution in [2.24, 2.45) is 0 Å². The van der Waals surface area contributed by atoms with Crippen LogP contribution in [0.3, 0.4) is 0 Å².